The summed E-state index contributed by atoms with van der Waals surface area (Å²) in [4.78, 5) is 27.7. The van der Waals surface area contributed by atoms with E-state index in [0.29, 0.717) is 23.6 Å². The van der Waals surface area contributed by atoms with Gasteiger partial charge >= 0.3 is 0 Å². The number of carbonyl (C=O) groups excluding carboxylic acids is 2. The van der Waals surface area contributed by atoms with E-state index in [1.54, 1.807) is 42.5 Å². The van der Waals surface area contributed by atoms with Crippen molar-refractivity contribution in [2.45, 2.75) is 33.2 Å². The minimum absolute atomic E-state index is 0.125. The number of benzene rings is 3. The molecule has 1 N–H and O–H groups in total. The maximum absolute atomic E-state index is 15.0. The monoisotopic (exact) mass is 459 g/mol. The summed E-state index contributed by atoms with van der Waals surface area (Å²) >= 11 is 0. The Morgan fingerprint density at radius 2 is 1.76 bits per heavy atom. The molecular formula is C28H26FNO4. The van der Waals surface area contributed by atoms with Gasteiger partial charge in [-0.05, 0) is 61.7 Å². The summed E-state index contributed by atoms with van der Waals surface area (Å²) < 4.78 is 20.6. The molecule has 6 heteroatoms. The Bertz CT molecular complexity index is 1300. The summed E-state index contributed by atoms with van der Waals surface area (Å²) in [6, 6.07) is 16.9. The van der Waals surface area contributed by atoms with Crippen LogP contribution in [-0.4, -0.2) is 23.4 Å². The lowest BCUT2D eigenvalue weighted by molar-refractivity contribution is -0.132. The van der Waals surface area contributed by atoms with E-state index in [0.717, 1.165) is 17.5 Å². The van der Waals surface area contributed by atoms with Gasteiger partial charge in [-0.1, -0.05) is 43.3 Å². The van der Waals surface area contributed by atoms with Crippen LogP contribution in [0, 0.1) is 19.7 Å². The average Bonchev–Trinajstić information content (AvgIpc) is 3.09. The highest BCUT2D eigenvalue weighted by Crippen LogP contribution is 2.43. The second-order valence-electron chi connectivity index (χ2n) is 8.34. The first-order chi connectivity index (χ1) is 16.3. The minimum atomic E-state index is -1.12. The number of aliphatic hydroxyl groups excluding tert-OH is 1. The zero-order chi connectivity index (χ0) is 24.4. The number of halogens is 1. The third kappa shape index (κ3) is 4.19. The average molecular weight is 460 g/mol. The predicted molar refractivity (Wildman–Crippen MR) is 129 cm³/mol. The van der Waals surface area contributed by atoms with Crippen LogP contribution in [0.4, 0.5) is 10.1 Å². The Morgan fingerprint density at radius 3 is 2.47 bits per heavy atom. The van der Waals surface area contributed by atoms with Crippen molar-refractivity contribution in [3.8, 4) is 5.75 Å². The molecule has 1 amide bonds. The molecule has 0 aromatic heterocycles. The maximum atomic E-state index is 15.0. The fourth-order valence-electron chi connectivity index (χ4n) is 4.07. The molecule has 3 aromatic carbocycles. The molecule has 3 aromatic rings. The molecule has 5 nitrogen and oxygen atoms in total. The van der Waals surface area contributed by atoms with Crippen LogP contribution in [0.15, 0.2) is 72.3 Å². The Hall–Kier alpha value is -3.93. The van der Waals surface area contributed by atoms with Gasteiger partial charge in [-0.3, -0.25) is 14.5 Å². The van der Waals surface area contributed by atoms with Crippen LogP contribution >= 0.6 is 0 Å². The molecule has 0 bridgehead atoms. The SMILES string of the molecule is CCCOc1cccc(/C(O)=C2\C(=O)C(=O)N(c3ccc(C)c(C)c3)C2c2ccccc2F)c1. The smallest absolute Gasteiger partial charge is 0.300 e. The Balaban J connectivity index is 1.92. The number of rotatable bonds is 6. The fraction of sp³-hybridized carbons (Fsp3) is 0.214. The predicted octanol–water partition coefficient (Wildman–Crippen LogP) is 5.86. The molecule has 34 heavy (non-hydrogen) atoms. The van der Waals surface area contributed by atoms with Gasteiger partial charge < -0.3 is 9.84 Å². The zero-order valence-electron chi connectivity index (χ0n) is 19.3. The van der Waals surface area contributed by atoms with E-state index >= 15 is 0 Å². The maximum Gasteiger partial charge on any atom is 0.300 e. The van der Waals surface area contributed by atoms with Crippen molar-refractivity contribution in [2.75, 3.05) is 11.5 Å². The fourth-order valence-corrected chi connectivity index (χ4v) is 4.07. The first kappa shape index (κ1) is 23.2. The van der Waals surface area contributed by atoms with Crippen molar-refractivity contribution >= 4 is 23.1 Å². The van der Waals surface area contributed by atoms with Crippen molar-refractivity contribution in [1.82, 2.24) is 0 Å². The van der Waals surface area contributed by atoms with E-state index in [9.17, 15) is 19.1 Å². The van der Waals surface area contributed by atoms with Crippen LogP contribution in [0.3, 0.4) is 0 Å². The second-order valence-corrected chi connectivity index (χ2v) is 8.34. The standard InChI is InChI=1S/C28H26FNO4/c1-4-14-34-21-9-7-8-19(16-21)26(31)24-25(22-10-5-6-11-23(22)29)30(28(33)27(24)32)20-13-12-17(2)18(3)15-20/h5-13,15-16,25,31H,4,14H2,1-3H3/b26-24+. The third-order valence-corrected chi connectivity index (χ3v) is 5.99. The Kier molecular flexibility index (Phi) is 6.50. The lowest BCUT2D eigenvalue weighted by Gasteiger charge is -2.26. The number of ketones is 1. The first-order valence-electron chi connectivity index (χ1n) is 11.2. The van der Waals surface area contributed by atoms with Crippen LogP contribution in [0.1, 0.15) is 41.6 Å². The van der Waals surface area contributed by atoms with Crippen molar-refractivity contribution in [2.24, 2.45) is 0 Å². The molecule has 1 unspecified atom stereocenters. The summed E-state index contributed by atoms with van der Waals surface area (Å²) in [7, 11) is 0. The summed E-state index contributed by atoms with van der Waals surface area (Å²) in [5.74, 6) is -2.12. The number of Topliss-reactive ketones (excluding diaryl/α,β-unsaturated/α-hetero) is 1. The second kappa shape index (κ2) is 9.51. The highest BCUT2D eigenvalue weighted by molar-refractivity contribution is 6.51. The lowest BCUT2D eigenvalue weighted by atomic mass is 9.94. The van der Waals surface area contributed by atoms with Crippen molar-refractivity contribution in [3.63, 3.8) is 0 Å². The third-order valence-electron chi connectivity index (χ3n) is 5.99. The van der Waals surface area contributed by atoms with Crippen molar-refractivity contribution in [1.29, 1.82) is 0 Å². The number of hydrogen-bond donors (Lipinski definition) is 1. The minimum Gasteiger partial charge on any atom is -0.507 e. The highest BCUT2D eigenvalue weighted by atomic mass is 19.1. The molecule has 1 atom stereocenters. The molecule has 1 aliphatic rings. The van der Waals surface area contributed by atoms with Crippen LogP contribution in [0.5, 0.6) is 5.75 Å². The Morgan fingerprint density at radius 1 is 1.00 bits per heavy atom. The number of nitrogens with zero attached hydrogens (tertiary/aromatic N) is 1. The highest BCUT2D eigenvalue weighted by Gasteiger charge is 2.47. The number of hydrogen-bond acceptors (Lipinski definition) is 4. The van der Waals surface area contributed by atoms with E-state index in [4.69, 9.17) is 4.74 Å². The van der Waals surface area contributed by atoms with Gasteiger partial charge in [0.05, 0.1) is 18.2 Å². The van der Waals surface area contributed by atoms with Crippen LogP contribution < -0.4 is 9.64 Å². The zero-order valence-corrected chi connectivity index (χ0v) is 19.3. The molecule has 1 saturated heterocycles. The largest absolute Gasteiger partial charge is 0.507 e. The van der Waals surface area contributed by atoms with Gasteiger partial charge in [-0.15, -0.1) is 0 Å². The molecular weight excluding hydrogens is 433 g/mol. The quantitative estimate of drug-likeness (QED) is 0.285. The number of carbonyl (C=O) groups is 2. The summed E-state index contributed by atoms with van der Waals surface area (Å²) in [6.07, 6.45) is 0.810. The molecule has 1 aliphatic heterocycles. The van der Waals surface area contributed by atoms with E-state index in [1.807, 2.05) is 26.8 Å². The van der Waals surface area contributed by atoms with E-state index < -0.39 is 23.5 Å². The van der Waals surface area contributed by atoms with Crippen molar-refractivity contribution < 1.29 is 23.8 Å². The molecule has 0 aliphatic carbocycles. The van der Waals surface area contributed by atoms with Gasteiger partial charge in [0, 0.05) is 16.8 Å². The molecule has 1 heterocycles. The van der Waals surface area contributed by atoms with E-state index in [1.165, 1.54) is 23.1 Å². The summed E-state index contributed by atoms with van der Waals surface area (Å²) in [5, 5.41) is 11.2. The lowest BCUT2D eigenvalue weighted by Crippen LogP contribution is -2.30. The normalized spacial score (nSPS) is 17.3. The van der Waals surface area contributed by atoms with Crippen LogP contribution in [0.2, 0.25) is 0 Å². The van der Waals surface area contributed by atoms with E-state index in [-0.39, 0.29) is 16.9 Å². The number of anilines is 1. The molecule has 174 valence electrons. The number of amides is 1. The van der Waals surface area contributed by atoms with Gasteiger partial charge in [-0.2, -0.15) is 0 Å². The van der Waals surface area contributed by atoms with Gasteiger partial charge in [0.15, 0.2) is 0 Å². The number of ether oxygens (including phenoxy) is 1. The van der Waals surface area contributed by atoms with Crippen LogP contribution in [0.25, 0.3) is 5.76 Å². The summed E-state index contributed by atoms with van der Waals surface area (Å²) in [6.45, 7) is 6.31. The first-order valence-corrected chi connectivity index (χ1v) is 11.2. The molecule has 0 radical (unpaired) electrons. The van der Waals surface area contributed by atoms with Crippen molar-refractivity contribution in [3.05, 3.63) is 100 Å². The number of aryl methyl sites for hydroxylation is 2. The van der Waals surface area contributed by atoms with Gasteiger partial charge in [0.25, 0.3) is 11.7 Å². The molecule has 4 rings (SSSR count). The molecule has 1 fully saturated rings. The van der Waals surface area contributed by atoms with Gasteiger partial charge in [0.1, 0.15) is 17.3 Å². The number of aliphatic hydroxyl groups is 1. The summed E-state index contributed by atoms with van der Waals surface area (Å²) in [5.41, 5.74) is 2.67. The van der Waals surface area contributed by atoms with E-state index in [2.05, 4.69) is 0 Å². The molecule has 0 spiro atoms. The molecule has 0 saturated carbocycles. The topological polar surface area (TPSA) is 66.8 Å². The Labute approximate surface area is 198 Å². The van der Waals surface area contributed by atoms with Gasteiger partial charge in [-0.25, -0.2) is 4.39 Å². The van der Waals surface area contributed by atoms with Gasteiger partial charge in [0.2, 0.25) is 0 Å². The van der Waals surface area contributed by atoms with Crippen LogP contribution in [-0.2, 0) is 9.59 Å².